The predicted octanol–water partition coefficient (Wildman–Crippen LogP) is 4.22. The average molecular weight is 332 g/mol. The molecule has 1 N–H and O–H groups in total. The van der Waals surface area contributed by atoms with Crippen LogP contribution in [0.15, 0.2) is 48.5 Å². The van der Waals surface area contributed by atoms with E-state index in [0.717, 1.165) is 31.6 Å². The van der Waals surface area contributed by atoms with Crippen molar-refractivity contribution in [3.05, 3.63) is 59.8 Å². The topological polar surface area (TPSA) is 28.3 Å². The van der Waals surface area contributed by atoms with Crippen molar-refractivity contribution in [3.8, 4) is 11.1 Å². The van der Waals surface area contributed by atoms with Crippen molar-refractivity contribution >= 4 is 10.9 Å². The zero-order valence-electron chi connectivity index (χ0n) is 14.7. The molecule has 0 aliphatic carbocycles. The molecule has 3 heterocycles. The minimum absolute atomic E-state index is 0.752. The summed E-state index contributed by atoms with van der Waals surface area (Å²) in [5.74, 6) is 1.50. The summed E-state index contributed by atoms with van der Waals surface area (Å²) in [6.45, 7) is 7.44. The molecule has 0 bridgehead atoms. The minimum Gasteiger partial charge on any atom is -0.381 e. The number of rotatable bonds is 3. The largest absolute Gasteiger partial charge is 0.381 e. The van der Waals surface area contributed by atoms with Crippen LogP contribution in [0.3, 0.4) is 0 Å². The Hall–Kier alpha value is -2.10. The summed E-state index contributed by atoms with van der Waals surface area (Å²) in [7, 11) is 0. The monoisotopic (exact) mass is 332 g/mol. The molecule has 2 fully saturated rings. The standard InChI is InChI=1S/C22H24N2O/c1-15-7-19-9-18(5-6-22(19)23-15)17-4-2-3-16(8-17)10-24-11-20-13-25-14-21(20)12-24/h2-9,20-21,23H,10-14H2,1H3. The highest BCUT2D eigenvalue weighted by molar-refractivity contribution is 5.85. The molecule has 0 spiro atoms. The Morgan fingerprint density at radius 3 is 2.64 bits per heavy atom. The highest BCUT2D eigenvalue weighted by atomic mass is 16.5. The molecule has 128 valence electrons. The van der Waals surface area contributed by atoms with Gasteiger partial charge < -0.3 is 9.72 Å². The first kappa shape index (κ1) is 15.2. The third-order valence-electron chi connectivity index (χ3n) is 5.74. The summed E-state index contributed by atoms with van der Waals surface area (Å²) < 4.78 is 5.59. The van der Waals surface area contributed by atoms with Crippen LogP contribution in [0, 0.1) is 18.8 Å². The lowest BCUT2D eigenvalue weighted by molar-refractivity contribution is 0.153. The van der Waals surface area contributed by atoms with E-state index < -0.39 is 0 Å². The van der Waals surface area contributed by atoms with E-state index in [4.69, 9.17) is 4.74 Å². The SMILES string of the molecule is Cc1cc2cc(-c3cccc(CN4CC5COCC5C4)c3)ccc2[nH]1. The lowest BCUT2D eigenvalue weighted by atomic mass is 10.0. The highest BCUT2D eigenvalue weighted by Crippen LogP contribution is 2.31. The van der Waals surface area contributed by atoms with E-state index in [9.17, 15) is 0 Å². The predicted molar refractivity (Wildman–Crippen MR) is 102 cm³/mol. The zero-order chi connectivity index (χ0) is 16.8. The third kappa shape index (κ3) is 2.88. The quantitative estimate of drug-likeness (QED) is 0.778. The van der Waals surface area contributed by atoms with Gasteiger partial charge >= 0.3 is 0 Å². The molecule has 0 amide bonds. The number of fused-ring (bicyclic) bond motifs is 2. The van der Waals surface area contributed by atoms with Gasteiger partial charge in [-0.2, -0.15) is 0 Å². The van der Waals surface area contributed by atoms with Crippen LogP contribution in [0.1, 0.15) is 11.3 Å². The van der Waals surface area contributed by atoms with Crippen LogP contribution in [-0.4, -0.2) is 36.2 Å². The molecule has 0 radical (unpaired) electrons. The van der Waals surface area contributed by atoms with E-state index in [-0.39, 0.29) is 0 Å². The van der Waals surface area contributed by atoms with E-state index in [2.05, 4.69) is 65.3 Å². The minimum atomic E-state index is 0.752. The summed E-state index contributed by atoms with van der Waals surface area (Å²) in [5.41, 5.74) is 6.43. The molecule has 2 saturated heterocycles. The Labute approximate surface area is 148 Å². The van der Waals surface area contributed by atoms with Gasteiger partial charge in [-0.15, -0.1) is 0 Å². The second-order valence-corrected chi connectivity index (χ2v) is 7.71. The van der Waals surface area contributed by atoms with Gasteiger partial charge in [0.15, 0.2) is 0 Å². The van der Waals surface area contributed by atoms with Crippen molar-refractivity contribution < 1.29 is 4.74 Å². The number of nitrogens with one attached hydrogen (secondary N) is 1. The fraction of sp³-hybridized carbons (Fsp3) is 0.364. The van der Waals surface area contributed by atoms with Crippen LogP contribution in [0.25, 0.3) is 22.0 Å². The molecule has 2 aliphatic rings. The molecule has 3 nitrogen and oxygen atoms in total. The average Bonchev–Trinajstić information content (AvgIpc) is 3.27. The highest BCUT2D eigenvalue weighted by Gasteiger charge is 2.36. The van der Waals surface area contributed by atoms with Gasteiger partial charge in [0.25, 0.3) is 0 Å². The second-order valence-electron chi connectivity index (χ2n) is 7.71. The molecule has 3 heteroatoms. The second kappa shape index (κ2) is 6.01. The molecule has 3 aromatic rings. The van der Waals surface area contributed by atoms with E-state index >= 15 is 0 Å². The van der Waals surface area contributed by atoms with Crippen LogP contribution < -0.4 is 0 Å². The van der Waals surface area contributed by atoms with Crippen LogP contribution in [0.4, 0.5) is 0 Å². The lowest BCUT2D eigenvalue weighted by Crippen LogP contribution is -2.22. The van der Waals surface area contributed by atoms with Crippen LogP contribution in [0.2, 0.25) is 0 Å². The van der Waals surface area contributed by atoms with Crippen molar-refractivity contribution in [3.63, 3.8) is 0 Å². The molecule has 25 heavy (non-hydrogen) atoms. The molecule has 2 aromatic carbocycles. The number of hydrogen-bond acceptors (Lipinski definition) is 2. The maximum Gasteiger partial charge on any atom is 0.0510 e. The first-order chi connectivity index (χ1) is 12.2. The fourth-order valence-corrected chi connectivity index (χ4v) is 4.48. The number of nitrogens with zero attached hydrogens (tertiary/aromatic N) is 1. The van der Waals surface area contributed by atoms with E-state index in [1.54, 1.807) is 0 Å². The molecule has 2 atom stereocenters. The molecule has 1 aromatic heterocycles. The number of benzene rings is 2. The van der Waals surface area contributed by atoms with E-state index in [1.807, 2.05) is 0 Å². The first-order valence-electron chi connectivity index (χ1n) is 9.23. The molecule has 5 rings (SSSR count). The maximum atomic E-state index is 5.59. The van der Waals surface area contributed by atoms with Gasteiger partial charge in [-0.1, -0.05) is 24.3 Å². The molecule has 2 aliphatic heterocycles. The van der Waals surface area contributed by atoms with Crippen molar-refractivity contribution in [2.24, 2.45) is 11.8 Å². The maximum absolute atomic E-state index is 5.59. The number of aromatic amines is 1. The normalized spacial score (nSPS) is 23.4. The Morgan fingerprint density at radius 1 is 1.00 bits per heavy atom. The number of H-pyrrole nitrogens is 1. The zero-order valence-corrected chi connectivity index (χ0v) is 14.7. The van der Waals surface area contributed by atoms with E-state index in [1.165, 1.54) is 46.4 Å². The Balaban J connectivity index is 1.38. The van der Waals surface area contributed by atoms with Crippen LogP contribution in [0.5, 0.6) is 0 Å². The summed E-state index contributed by atoms with van der Waals surface area (Å²) >= 11 is 0. The van der Waals surface area contributed by atoms with Gasteiger partial charge in [0.05, 0.1) is 13.2 Å². The molecular formula is C22H24N2O. The third-order valence-corrected chi connectivity index (χ3v) is 5.74. The van der Waals surface area contributed by atoms with Gasteiger partial charge in [0.1, 0.15) is 0 Å². The van der Waals surface area contributed by atoms with Crippen molar-refractivity contribution in [1.82, 2.24) is 9.88 Å². The Kier molecular flexibility index (Phi) is 3.65. The van der Waals surface area contributed by atoms with Gasteiger partial charge in [0.2, 0.25) is 0 Å². The molecule has 0 saturated carbocycles. The number of hydrogen-bond donors (Lipinski definition) is 1. The Bertz CT molecular complexity index is 901. The summed E-state index contributed by atoms with van der Waals surface area (Å²) in [4.78, 5) is 5.99. The summed E-state index contributed by atoms with van der Waals surface area (Å²) in [6.07, 6.45) is 0. The number of ether oxygens (including phenoxy) is 1. The lowest BCUT2D eigenvalue weighted by Gasteiger charge is -2.17. The smallest absolute Gasteiger partial charge is 0.0510 e. The van der Waals surface area contributed by atoms with E-state index in [0.29, 0.717) is 0 Å². The van der Waals surface area contributed by atoms with Gasteiger partial charge in [-0.25, -0.2) is 0 Å². The van der Waals surface area contributed by atoms with Crippen LogP contribution >= 0.6 is 0 Å². The van der Waals surface area contributed by atoms with Crippen LogP contribution in [-0.2, 0) is 11.3 Å². The van der Waals surface area contributed by atoms with Crippen molar-refractivity contribution in [1.29, 1.82) is 0 Å². The van der Waals surface area contributed by atoms with Gasteiger partial charge in [-0.3, -0.25) is 4.90 Å². The van der Waals surface area contributed by atoms with Gasteiger partial charge in [0, 0.05) is 48.1 Å². The summed E-state index contributed by atoms with van der Waals surface area (Å²) in [5, 5.41) is 1.28. The first-order valence-corrected chi connectivity index (χ1v) is 9.23. The van der Waals surface area contributed by atoms with Gasteiger partial charge in [-0.05, 0) is 47.9 Å². The molecule has 2 unspecified atom stereocenters. The summed E-state index contributed by atoms with van der Waals surface area (Å²) in [6, 6.07) is 17.9. The Morgan fingerprint density at radius 2 is 1.80 bits per heavy atom. The van der Waals surface area contributed by atoms with Crippen molar-refractivity contribution in [2.75, 3.05) is 26.3 Å². The molecular weight excluding hydrogens is 308 g/mol. The number of aryl methyl sites for hydroxylation is 1. The fourth-order valence-electron chi connectivity index (χ4n) is 4.48. The number of likely N-dealkylation sites (tertiary alicyclic amines) is 1. The van der Waals surface area contributed by atoms with Crippen molar-refractivity contribution in [2.45, 2.75) is 13.5 Å². The number of aromatic nitrogens is 1.